The monoisotopic (exact) mass is 568 g/mol. The van der Waals surface area contributed by atoms with Gasteiger partial charge >= 0.3 is 5.97 Å². The molecule has 0 fully saturated rings. The van der Waals surface area contributed by atoms with Crippen LogP contribution in [0.5, 0.6) is 11.5 Å². The van der Waals surface area contributed by atoms with Gasteiger partial charge in [0.05, 0.1) is 12.7 Å². The van der Waals surface area contributed by atoms with E-state index in [1.807, 2.05) is 20.8 Å². The predicted octanol–water partition coefficient (Wildman–Crippen LogP) is 8.82. The van der Waals surface area contributed by atoms with E-state index in [1.54, 1.807) is 25.3 Å². The molecule has 1 aromatic rings. The molecule has 1 atom stereocenters. The lowest BCUT2D eigenvalue weighted by Gasteiger charge is -2.14. The number of ketones is 1. The summed E-state index contributed by atoms with van der Waals surface area (Å²) in [5.74, 6) is 0.661. The number of carbonyl (C=O) groups is 3. The van der Waals surface area contributed by atoms with Crippen molar-refractivity contribution in [1.82, 2.24) is 0 Å². The number of aldehydes is 1. The van der Waals surface area contributed by atoms with Gasteiger partial charge in [0.25, 0.3) is 0 Å². The maximum Gasteiger partial charge on any atom is 0.306 e. The molecule has 0 aromatic heterocycles. The van der Waals surface area contributed by atoms with Crippen LogP contribution in [-0.4, -0.2) is 31.3 Å². The fourth-order valence-corrected chi connectivity index (χ4v) is 5.29. The smallest absolute Gasteiger partial charge is 0.306 e. The van der Waals surface area contributed by atoms with Gasteiger partial charge in [-0.25, -0.2) is 0 Å². The normalized spacial score (nSPS) is 14.3. The van der Waals surface area contributed by atoms with E-state index in [4.69, 9.17) is 14.2 Å². The van der Waals surface area contributed by atoms with E-state index >= 15 is 0 Å². The number of fused-ring (bicyclic) bond motifs is 1. The second-order valence-corrected chi connectivity index (χ2v) is 11.6. The quantitative estimate of drug-likeness (QED) is 0.0638. The number of carbonyl (C=O) groups excluding carboxylic acids is 3. The Morgan fingerprint density at radius 1 is 0.902 bits per heavy atom. The molecule has 0 spiro atoms. The first-order valence-corrected chi connectivity index (χ1v) is 15.7. The summed E-state index contributed by atoms with van der Waals surface area (Å²) in [6.07, 6.45) is 20.7. The molecule has 0 saturated heterocycles. The summed E-state index contributed by atoms with van der Waals surface area (Å²) in [6.45, 7) is 7.83. The summed E-state index contributed by atoms with van der Waals surface area (Å²) < 4.78 is 17.3. The molecule has 0 saturated carbocycles. The number of ether oxygens (including phenoxy) is 3. The molecular formula is C35H52O6. The zero-order valence-corrected chi connectivity index (χ0v) is 26.1. The van der Waals surface area contributed by atoms with Gasteiger partial charge in [-0.05, 0) is 51.0 Å². The largest absolute Gasteiger partial charge is 0.496 e. The predicted molar refractivity (Wildman–Crippen MR) is 165 cm³/mol. The number of esters is 1. The maximum absolute atomic E-state index is 12.4. The van der Waals surface area contributed by atoms with Crippen molar-refractivity contribution in [3.63, 3.8) is 0 Å². The summed E-state index contributed by atoms with van der Waals surface area (Å²) in [5.41, 5.74) is 3.39. The van der Waals surface area contributed by atoms with Gasteiger partial charge in [0.2, 0.25) is 0 Å². The molecule has 0 unspecified atom stereocenters. The summed E-state index contributed by atoms with van der Waals surface area (Å²) in [5, 5.41) is 0. The van der Waals surface area contributed by atoms with E-state index < -0.39 is 0 Å². The Morgan fingerprint density at radius 2 is 1.49 bits per heavy atom. The van der Waals surface area contributed by atoms with Gasteiger partial charge in [0.1, 0.15) is 24.2 Å². The fourth-order valence-electron chi connectivity index (χ4n) is 5.29. The topological polar surface area (TPSA) is 78.9 Å². The molecule has 228 valence electrons. The van der Waals surface area contributed by atoms with E-state index in [1.165, 1.54) is 64.2 Å². The zero-order valence-electron chi connectivity index (χ0n) is 26.1. The third-order valence-corrected chi connectivity index (χ3v) is 7.64. The highest BCUT2D eigenvalue weighted by Crippen LogP contribution is 2.42. The van der Waals surface area contributed by atoms with Gasteiger partial charge in [-0.1, -0.05) is 89.5 Å². The Bertz CT molecular complexity index is 1050. The summed E-state index contributed by atoms with van der Waals surface area (Å²) in [7, 11) is 1.56. The van der Waals surface area contributed by atoms with Crippen molar-refractivity contribution in [2.24, 2.45) is 0 Å². The van der Waals surface area contributed by atoms with Gasteiger partial charge in [-0.15, -0.1) is 0 Å². The van der Waals surface area contributed by atoms with Gasteiger partial charge in [-0.3, -0.25) is 14.4 Å². The number of rotatable bonds is 21. The van der Waals surface area contributed by atoms with E-state index in [0.29, 0.717) is 35.5 Å². The first kappa shape index (κ1) is 34.3. The minimum atomic E-state index is -0.375. The molecule has 0 N–H and O–H groups in total. The van der Waals surface area contributed by atoms with Crippen LogP contribution in [0.2, 0.25) is 0 Å². The molecule has 6 heteroatoms. The van der Waals surface area contributed by atoms with Gasteiger partial charge in [-0.2, -0.15) is 0 Å². The molecular weight excluding hydrogens is 516 g/mol. The highest BCUT2D eigenvalue weighted by Gasteiger charge is 2.32. The second kappa shape index (κ2) is 19.3. The molecule has 1 aliphatic rings. The molecule has 1 heterocycles. The molecule has 0 bridgehead atoms. The minimum absolute atomic E-state index is 0.0170. The van der Waals surface area contributed by atoms with Crippen LogP contribution in [0.1, 0.15) is 139 Å². The average molecular weight is 569 g/mol. The summed E-state index contributed by atoms with van der Waals surface area (Å²) in [6, 6.07) is 1.75. The Hall–Kier alpha value is -2.89. The van der Waals surface area contributed by atoms with Gasteiger partial charge in [0, 0.05) is 24.0 Å². The maximum atomic E-state index is 12.4. The average Bonchev–Trinajstić information content (AvgIpc) is 3.39. The van der Waals surface area contributed by atoms with Crippen LogP contribution >= 0.6 is 0 Å². The van der Waals surface area contributed by atoms with E-state index in [9.17, 15) is 14.4 Å². The lowest BCUT2D eigenvalue weighted by molar-refractivity contribution is -0.145. The summed E-state index contributed by atoms with van der Waals surface area (Å²) in [4.78, 5) is 36.7. The third kappa shape index (κ3) is 12.2. The number of benzene rings is 1. The van der Waals surface area contributed by atoms with Gasteiger partial charge < -0.3 is 14.2 Å². The van der Waals surface area contributed by atoms with Crippen LogP contribution in [0.3, 0.4) is 0 Å². The third-order valence-electron chi connectivity index (χ3n) is 7.64. The number of allylic oxidation sites excluding steroid dienone is 3. The minimum Gasteiger partial charge on any atom is -0.496 e. The van der Waals surface area contributed by atoms with Crippen LogP contribution < -0.4 is 9.47 Å². The molecule has 0 aliphatic carbocycles. The second-order valence-electron chi connectivity index (χ2n) is 11.6. The number of unbranched alkanes of at least 4 members (excludes halogenated alkanes) is 12. The van der Waals surface area contributed by atoms with E-state index in [-0.39, 0.29) is 24.5 Å². The van der Waals surface area contributed by atoms with Crippen LogP contribution in [0, 0.1) is 0 Å². The first-order chi connectivity index (χ1) is 19.8. The summed E-state index contributed by atoms with van der Waals surface area (Å²) >= 11 is 0. The van der Waals surface area contributed by atoms with Crippen molar-refractivity contribution in [2.75, 3.05) is 7.11 Å². The Labute approximate surface area is 247 Å². The number of methoxy groups -OCH3 is 1. The van der Waals surface area contributed by atoms with Gasteiger partial charge in [0.15, 0.2) is 12.1 Å². The lowest BCUT2D eigenvalue weighted by Crippen LogP contribution is -2.15. The molecule has 0 amide bonds. The molecule has 0 radical (unpaired) electrons. The van der Waals surface area contributed by atoms with Crippen LogP contribution in [0.4, 0.5) is 0 Å². The number of hydrogen-bond donors (Lipinski definition) is 0. The Kier molecular flexibility index (Phi) is 16.1. The molecule has 1 aromatic carbocycles. The Balaban J connectivity index is 1.78. The number of hydrogen-bond acceptors (Lipinski definition) is 6. The van der Waals surface area contributed by atoms with Crippen molar-refractivity contribution >= 4 is 18.0 Å². The first-order valence-electron chi connectivity index (χ1n) is 15.7. The van der Waals surface area contributed by atoms with E-state index in [2.05, 4.69) is 6.92 Å². The highest BCUT2D eigenvalue weighted by atomic mass is 16.5. The van der Waals surface area contributed by atoms with Crippen LogP contribution in [-0.2, 0) is 27.4 Å². The molecule has 41 heavy (non-hydrogen) atoms. The zero-order chi connectivity index (χ0) is 30.0. The highest BCUT2D eigenvalue weighted by molar-refractivity contribution is 6.00. The van der Waals surface area contributed by atoms with Crippen molar-refractivity contribution in [3.8, 4) is 11.5 Å². The molecule has 2 rings (SSSR count). The SMILES string of the molecule is CCCCCCCCCCCCCCCC(=O)OCc1cc(OC)c2c(c1C=O)O[C@@H](/C(C)=C/C(=O)C=C(C)C)C2. The van der Waals surface area contributed by atoms with Crippen molar-refractivity contribution in [1.29, 1.82) is 0 Å². The lowest BCUT2D eigenvalue weighted by atomic mass is 9.98. The molecule has 1 aliphatic heterocycles. The van der Waals surface area contributed by atoms with Crippen molar-refractivity contribution < 1.29 is 28.6 Å². The van der Waals surface area contributed by atoms with Crippen molar-refractivity contribution in [3.05, 3.63) is 46.1 Å². The van der Waals surface area contributed by atoms with E-state index in [0.717, 1.165) is 42.3 Å². The van der Waals surface area contributed by atoms with Crippen molar-refractivity contribution in [2.45, 2.75) is 137 Å². The Morgan fingerprint density at radius 3 is 2.02 bits per heavy atom. The standard InChI is InChI=1S/C35H52O6/c1-6-7-8-9-10-11-12-13-14-15-16-17-18-19-34(38)40-25-28-22-33(39-5)30-23-32(41-35(30)31(28)24-36)27(4)21-29(37)20-26(2)3/h20-22,24,32H,6-19,23,25H2,1-5H3/b27-21+/t32-/m1/s1. The van der Waals surface area contributed by atoms with Crippen LogP contribution in [0.15, 0.2) is 29.4 Å². The fraction of sp³-hybridized carbons (Fsp3) is 0.629. The molecule has 6 nitrogen and oxygen atoms in total. The van der Waals surface area contributed by atoms with Crippen LogP contribution in [0.25, 0.3) is 0 Å².